The van der Waals surface area contributed by atoms with Crippen LogP contribution < -0.4 is 5.73 Å². The first-order valence-electron chi connectivity index (χ1n) is 6.02. The topological polar surface area (TPSA) is 79.4 Å². The number of rotatable bonds is 4. The molecule has 1 saturated heterocycles. The maximum atomic E-state index is 11.8. The summed E-state index contributed by atoms with van der Waals surface area (Å²) in [4.78, 5) is 17.0. The van der Waals surface area contributed by atoms with Gasteiger partial charge in [-0.2, -0.15) is 0 Å². The van der Waals surface area contributed by atoms with Crippen molar-refractivity contribution in [2.24, 2.45) is 5.73 Å². The molecule has 18 heavy (non-hydrogen) atoms. The van der Waals surface area contributed by atoms with E-state index in [4.69, 9.17) is 16.0 Å². The summed E-state index contributed by atoms with van der Waals surface area (Å²) in [6.07, 6.45) is 1.90. The third-order valence-electron chi connectivity index (χ3n) is 2.97. The molecule has 1 heterocycles. The summed E-state index contributed by atoms with van der Waals surface area (Å²) in [6.45, 7) is 0.644. The van der Waals surface area contributed by atoms with Crippen molar-refractivity contribution < 1.29 is 9.63 Å². The molecule has 0 aromatic heterocycles. The van der Waals surface area contributed by atoms with Crippen molar-refractivity contribution in [3.8, 4) is 0 Å². The Labute approximate surface area is 106 Å². The molecule has 3 N–H and O–H groups in total. The molecule has 1 unspecified atom stereocenters. The first-order valence-corrected chi connectivity index (χ1v) is 6.02. The van der Waals surface area contributed by atoms with E-state index < -0.39 is 0 Å². The minimum atomic E-state index is -0.311. The molecule has 1 aromatic rings. The first kappa shape index (κ1) is 12.6. The fourth-order valence-electron chi connectivity index (χ4n) is 2.09. The van der Waals surface area contributed by atoms with Crippen LogP contribution >= 0.6 is 0 Å². The SMILES string of the molecule is N=C(N)C1CCCN1OC(=O)Cc1ccccc1. The lowest BCUT2D eigenvalue weighted by molar-refractivity contribution is -0.188. The Morgan fingerprint density at radius 1 is 1.44 bits per heavy atom. The van der Waals surface area contributed by atoms with Crippen LogP contribution in [0.3, 0.4) is 0 Å². The molecule has 1 fully saturated rings. The van der Waals surface area contributed by atoms with Crippen LogP contribution in [-0.4, -0.2) is 29.5 Å². The molecule has 1 atom stereocenters. The third-order valence-corrected chi connectivity index (χ3v) is 2.97. The molecule has 0 amide bonds. The lowest BCUT2D eigenvalue weighted by Crippen LogP contribution is -2.41. The van der Waals surface area contributed by atoms with Gasteiger partial charge in [0.25, 0.3) is 0 Å². The fourth-order valence-corrected chi connectivity index (χ4v) is 2.09. The summed E-state index contributed by atoms with van der Waals surface area (Å²) < 4.78 is 0. The molecule has 96 valence electrons. The Balaban J connectivity index is 1.90. The fraction of sp³-hybridized carbons (Fsp3) is 0.385. The Morgan fingerprint density at radius 2 is 2.17 bits per heavy atom. The average Bonchev–Trinajstić information content (AvgIpc) is 2.78. The zero-order valence-electron chi connectivity index (χ0n) is 10.1. The molecule has 0 saturated carbocycles. The number of carbonyl (C=O) groups excluding carboxylic acids is 1. The van der Waals surface area contributed by atoms with Crippen LogP contribution in [-0.2, 0) is 16.1 Å². The maximum Gasteiger partial charge on any atom is 0.329 e. The Bertz CT molecular complexity index is 433. The number of carbonyl (C=O) groups is 1. The van der Waals surface area contributed by atoms with Crippen LogP contribution in [0.25, 0.3) is 0 Å². The zero-order chi connectivity index (χ0) is 13.0. The summed E-state index contributed by atoms with van der Waals surface area (Å²) in [6, 6.07) is 9.18. The smallest absolute Gasteiger partial charge is 0.329 e. The molecular weight excluding hydrogens is 230 g/mol. The molecule has 0 bridgehead atoms. The average molecular weight is 247 g/mol. The third kappa shape index (κ3) is 3.07. The van der Waals surface area contributed by atoms with Gasteiger partial charge in [-0.15, -0.1) is 5.06 Å². The number of nitrogens with one attached hydrogen (secondary N) is 1. The molecule has 1 aromatic carbocycles. The van der Waals surface area contributed by atoms with Crippen molar-refractivity contribution in [1.82, 2.24) is 5.06 Å². The predicted molar refractivity (Wildman–Crippen MR) is 67.9 cm³/mol. The molecule has 1 aliphatic rings. The quantitative estimate of drug-likeness (QED) is 0.616. The number of nitrogens with zero attached hydrogens (tertiary/aromatic N) is 1. The van der Waals surface area contributed by atoms with E-state index in [1.165, 1.54) is 5.06 Å². The second-order valence-electron chi connectivity index (χ2n) is 4.38. The summed E-state index contributed by atoms with van der Waals surface area (Å²) in [5.74, 6) is -0.255. The molecule has 0 aliphatic carbocycles. The first-order chi connectivity index (χ1) is 8.66. The van der Waals surface area contributed by atoms with Crippen molar-refractivity contribution in [3.05, 3.63) is 35.9 Å². The summed E-state index contributed by atoms with van der Waals surface area (Å²) >= 11 is 0. The number of hydrogen-bond acceptors (Lipinski definition) is 4. The standard InChI is InChI=1S/C13H17N3O2/c14-13(15)11-7-4-8-16(11)18-12(17)9-10-5-2-1-3-6-10/h1-3,5-6,11H,4,7-9H2,(H3,14,15). The van der Waals surface area contributed by atoms with Gasteiger partial charge in [-0.05, 0) is 18.4 Å². The van der Waals surface area contributed by atoms with E-state index >= 15 is 0 Å². The van der Waals surface area contributed by atoms with Gasteiger partial charge in [0, 0.05) is 6.54 Å². The van der Waals surface area contributed by atoms with E-state index in [1.54, 1.807) is 0 Å². The lowest BCUT2D eigenvalue weighted by Gasteiger charge is -2.21. The number of hydroxylamine groups is 2. The molecule has 0 radical (unpaired) electrons. The second-order valence-corrected chi connectivity index (χ2v) is 4.38. The van der Waals surface area contributed by atoms with E-state index in [1.807, 2.05) is 30.3 Å². The molecule has 1 aliphatic heterocycles. The number of nitrogens with two attached hydrogens (primary N) is 1. The highest BCUT2D eigenvalue weighted by Crippen LogP contribution is 2.17. The van der Waals surface area contributed by atoms with Gasteiger partial charge in [-0.3, -0.25) is 5.41 Å². The van der Waals surface area contributed by atoms with Gasteiger partial charge in [0.15, 0.2) is 0 Å². The molecule has 5 heteroatoms. The van der Waals surface area contributed by atoms with Crippen molar-refractivity contribution in [2.45, 2.75) is 25.3 Å². The van der Waals surface area contributed by atoms with Crippen LogP contribution in [0.15, 0.2) is 30.3 Å². The van der Waals surface area contributed by atoms with Crippen molar-refractivity contribution in [3.63, 3.8) is 0 Å². The van der Waals surface area contributed by atoms with Gasteiger partial charge in [-0.1, -0.05) is 30.3 Å². The largest absolute Gasteiger partial charge is 0.386 e. The van der Waals surface area contributed by atoms with E-state index in [9.17, 15) is 4.79 Å². The van der Waals surface area contributed by atoms with E-state index in [0.717, 1.165) is 18.4 Å². The van der Waals surface area contributed by atoms with Gasteiger partial charge >= 0.3 is 5.97 Å². The zero-order valence-corrected chi connectivity index (χ0v) is 10.1. The highest BCUT2D eigenvalue weighted by molar-refractivity contribution is 5.83. The monoisotopic (exact) mass is 247 g/mol. The van der Waals surface area contributed by atoms with E-state index in [0.29, 0.717) is 6.54 Å². The number of hydrogen-bond donors (Lipinski definition) is 2. The Kier molecular flexibility index (Phi) is 3.94. The molecule has 5 nitrogen and oxygen atoms in total. The maximum absolute atomic E-state index is 11.8. The highest BCUT2D eigenvalue weighted by Gasteiger charge is 2.30. The van der Waals surface area contributed by atoms with Gasteiger partial charge in [0.2, 0.25) is 0 Å². The molecular formula is C13H17N3O2. The van der Waals surface area contributed by atoms with Crippen molar-refractivity contribution in [1.29, 1.82) is 5.41 Å². The molecule has 0 spiro atoms. The normalized spacial score (nSPS) is 19.7. The van der Waals surface area contributed by atoms with E-state index in [-0.39, 0.29) is 24.3 Å². The Hall–Kier alpha value is -1.88. The van der Waals surface area contributed by atoms with Gasteiger partial charge in [0.05, 0.1) is 6.42 Å². The van der Waals surface area contributed by atoms with Crippen LogP contribution in [0.5, 0.6) is 0 Å². The minimum Gasteiger partial charge on any atom is -0.386 e. The van der Waals surface area contributed by atoms with Crippen LogP contribution in [0.2, 0.25) is 0 Å². The van der Waals surface area contributed by atoms with Crippen LogP contribution in [0.1, 0.15) is 18.4 Å². The summed E-state index contributed by atoms with van der Waals surface area (Å²) in [5, 5.41) is 8.95. The van der Waals surface area contributed by atoms with E-state index in [2.05, 4.69) is 0 Å². The second kappa shape index (κ2) is 5.64. The van der Waals surface area contributed by atoms with Crippen molar-refractivity contribution >= 4 is 11.8 Å². The van der Waals surface area contributed by atoms with Crippen LogP contribution in [0.4, 0.5) is 0 Å². The number of benzene rings is 1. The van der Waals surface area contributed by atoms with Gasteiger partial charge in [0.1, 0.15) is 11.9 Å². The number of amidine groups is 1. The summed E-state index contributed by atoms with van der Waals surface area (Å²) in [5.41, 5.74) is 6.38. The summed E-state index contributed by atoms with van der Waals surface area (Å²) in [7, 11) is 0. The van der Waals surface area contributed by atoms with Gasteiger partial charge in [-0.25, -0.2) is 4.79 Å². The lowest BCUT2D eigenvalue weighted by atomic mass is 10.2. The Morgan fingerprint density at radius 3 is 2.83 bits per heavy atom. The van der Waals surface area contributed by atoms with Crippen LogP contribution in [0, 0.1) is 5.41 Å². The van der Waals surface area contributed by atoms with Gasteiger partial charge < -0.3 is 10.6 Å². The van der Waals surface area contributed by atoms with Crippen molar-refractivity contribution in [2.75, 3.05) is 6.54 Å². The molecule has 2 rings (SSSR count). The minimum absolute atomic E-state index is 0.0556. The highest BCUT2D eigenvalue weighted by atomic mass is 16.7. The predicted octanol–water partition coefficient (Wildman–Crippen LogP) is 1.09.